The predicted molar refractivity (Wildman–Crippen MR) is 85.3 cm³/mol. The largest absolute Gasteiger partial charge is 0.493 e. The highest BCUT2D eigenvalue weighted by Crippen LogP contribution is 2.34. The van der Waals surface area contributed by atoms with Crippen molar-refractivity contribution in [2.75, 3.05) is 25.2 Å². The second-order valence-corrected chi connectivity index (χ2v) is 7.51. The molecule has 0 aliphatic carbocycles. The Labute approximate surface area is 139 Å². The number of benzene rings is 1. The highest BCUT2D eigenvalue weighted by molar-refractivity contribution is 7.91. The Morgan fingerprint density at radius 1 is 1.42 bits per heavy atom. The minimum absolute atomic E-state index is 0.00709. The lowest BCUT2D eigenvalue weighted by molar-refractivity contribution is -0.385. The number of amides is 1. The molecule has 1 fully saturated rings. The van der Waals surface area contributed by atoms with Crippen molar-refractivity contribution in [2.24, 2.45) is 0 Å². The number of hydrogen-bond acceptors (Lipinski definition) is 7. The Kier molecular flexibility index (Phi) is 5.27. The summed E-state index contributed by atoms with van der Waals surface area (Å²) < 4.78 is 33.3. The number of nitro benzene ring substituents is 1. The van der Waals surface area contributed by atoms with Gasteiger partial charge in [-0.15, -0.1) is 0 Å². The zero-order valence-corrected chi connectivity index (χ0v) is 14.1. The molecule has 1 aromatic carbocycles. The zero-order chi connectivity index (χ0) is 17.9. The molecule has 1 saturated heterocycles. The topological polar surface area (TPSA) is 125 Å². The highest BCUT2D eigenvalue weighted by atomic mass is 32.2. The molecule has 0 radical (unpaired) electrons. The van der Waals surface area contributed by atoms with E-state index >= 15 is 0 Å². The SMILES string of the molecule is CCOc1cc(C(=O)NC2CCS(=O)(=O)C2)c([N+](=O)[O-])cc1OC. The first-order valence-corrected chi connectivity index (χ1v) is 9.10. The summed E-state index contributed by atoms with van der Waals surface area (Å²) in [6.07, 6.45) is 0.288. The van der Waals surface area contributed by atoms with Gasteiger partial charge in [-0.3, -0.25) is 14.9 Å². The van der Waals surface area contributed by atoms with Crippen molar-refractivity contribution in [1.82, 2.24) is 5.32 Å². The molecule has 1 aromatic rings. The molecule has 0 aromatic heterocycles. The van der Waals surface area contributed by atoms with Crippen LogP contribution in [-0.4, -0.2) is 50.5 Å². The molecule has 0 spiro atoms. The molecule has 10 heteroatoms. The van der Waals surface area contributed by atoms with E-state index in [0.717, 1.165) is 6.07 Å². The third kappa shape index (κ3) is 3.94. The van der Waals surface area contributed by atoms with Gasteiger partial charge in [-0.05, 0) is 13.3 Å². The maximum atomic E-state index is 12.4. The average Bonchev–Trinajstić information content (AvgIpc) is 2.85. The van der Waals surface area contributed by atoms with E-state index in [0.29, 0.717) is 0 Å². The molecule has 1 atom stereocenters. The fourth-order valence-electron chi connectivity index (χ4n) is 2.48. The Hall–Kier alpha value is -2.36. The van der Waals surface area contributed by atoms with Crippen LogP contribution in [0.2, 0.25) is 0 Å². The normalized spacial score (nSPS) is 18.8. The van der Waals surface area contributed by atoms with Crippen LogP contribution in [0.5, 0.6) is 11.5 Å². The lowest BCUT2D eigenvalue weighted by Gasteiger charge is -2.14. The Balaban J connectivity index is 2.34. The van der Waals surface area contributed by atoms with Gasteiger partial charge in [0.15, 0.2) is 21.3 Å². The molecule has 132 valence electrons. The number of carbonyl (C=O) groups is 1. The summed E-state index contributed by atoms with van der Waals surface area (Å²) in [5.41, 5.74) is -0.637. The molecule has 1 heterocycles. The van der Waals surface area contributed by atoms with Gasteiger partial charge in [0.05, 0.1) is 36.2 Å². The first-order valence-electron chi connectivity index (χ1n) is 7.28. The highest BCUT2D eigenvalue weighted by Gasteiger charge is 2.31. The van der Waals surface area contributed by atoms with Gasteiger partial charge < -0.3 is 14.8 Å². The average molecular weight is 358 g/mol. The molecule has 2 rings (SSSR count). The minimum Gasteiger partial charge on any atom is -0.493 e. The van der Waals surface area contributed by atoms with Crippen LogP contribution in [0, 0.1) is 10.1 Å². The van der Waals surface area contributed by atoms with Crippen LogP contribution < -0.4 is 14.8 Å². The second kappa shape index (κ2) is 7.04. The number of ether oxygens (including phenoxy) is 2. The number of rotatable bonds is 6. The van der Waals surface area contributed by atoms with Gasteiger partial charge in [0.2, 0.25) is 0 Å². The van der Waals surface area contributed by atoms with Gasteiger partial charge in [-0.25, -0.2) is 8.42 Å². The summed E-state index contributed by atoms with van der Waals surface area (Å²) in [6, 6.07) is 1.80. The molecule has 1 unspecified atom stereocenters. The van der Waals surface area contributed by atoms with Gasteiger partial charge in [-0.2, -0.15) is 0 Å². The molecule has 1 amide bonds. The number of nitrogens with one attached hydrogen (secondary N) is 1. The quantitative estimate of drug-likeness (QED) is 0.592. The van der Waals surface area contributed by atoms with Gasteiger partial charge in [-0.1, -0.05) is 0 Å². The summed E-state index contributed by atoms with van der Waals surface area (Å²) in [6.45, 7) is 2.01. The van der Waals surface area contributed by atoms with E-state index < -0.39 is 32.4 Å². The summed E-state index contributed by atoms with van der Waals surface area (Å²) in [5.74, 6) is -0.542. The molecule has 1 aliphatic heterocycles. The van der Waals surface area contributed by atoms with E-state index in [1.807, 2.05) is 0 Å². The summed E-state index contributed by atoms with van der Waals surface area (Å²) in [5, 5.41) is 13.8. The van der Waals surface area contributed by atoms with Gasteiger partial charge in [0.25, 0.3) is 11.6 Å². The lowest BCUT2D eigenvalue weighted by Crippen LogP contribution is -2.35. The van der Waals surface area contributed by atoms with E-state index in [1.54, 1.807) is 6.92 Å². The van der Waals surface area contributed by atoms with Gasteiger partial charge in [0, 0.05) is 12.1 Å². The molecule has 1 aliphatic rings. The summed E-state index contributed by atoms with van der Waals surface area (Å²) in [4.78, 5) is 22.9. The third-order valence-electron chi connectivity index (χ3n) is 3.59. The van der Waals surface area contributed by atoms with Crippen LogP contribution in [0.15, 0.2) is 12.1 Å². The van der Waals surface area contributed by atoms with Crippen molar-refractivity contribution >= 4 is 21.4 Å². The summed E-state index contributed by atoms with van der Waals surface area (Å²) in [7, 11) is -1.83. The maximum absolute atomic E-state index is 12.4. The van der Waals surface area contributed by atoms with Crippen LogP contribution in [0.1, 0.15) is 23.7 Å². The molecule has 0 bridgehead atoms. The van der Waals surface area contributed by atoms with Crippen molar-refractivity contribution in [3.8, 4) is 11.5 Å². The van der Waals surface area contributed by atoms with E-state index in [9.17, 15) is 23.3 Å². The fraction of sp³-hybridized carbons (Fsp3) is 0.500. The van der Waals surface area contributed by atoms with Crippen LogP contribution in [0.4, 0.5) is 5.69 Å². The van der Waals surface area contributed by atoms with E-state index in [2.05, 4.69) is 5.32 Å². The van der Waals surface area contributed by atoms with Crippen molar-refractivity contribution in [2.45, 2.75) is 19.4 Å². The van der Waals surface area contributed by atoms with Crippen molar-refractivity contribution in [1.29, 1.82) is 0 Å². The Bertz CT molecular complexity index is 761. The van der Waals surface area contributed by atoms with Crippen molar-refractivity contribution in [3.05, 3.63) is 27.8 Å². The van der Waals surface area contributed by atoms with Gasteiger partial charge in [0.1, 0.15) is 5.56 Å². The second-order valence-electron chi connectivity index (χ2n) is 5.28. The minimum atomic E-state index is -3.17. The van der Waals surface area contributed by atoms with Crippen LogP contribution in [-0.2, 0) is 9.84 Å². The third-order valence-corrected chi connectivity index (χ3v) is 5.36. The number of nitro groups is 1. The monoisotopic (exact) mass is 358 g/mol. The van der Waals surface area contributed by atoms with Crippen LogP contribution in [0.3, 0.4) is 0 Å². The predicted octanol–water partition coefficient (Wildman–Crippen LogP) is 0.919. The molecule has 1 N–H and O–H groups in total. The summed E-state index contributed by atoms with van der Waals surface area (Å²) >= 11 is 0. The molecule has 9 nitrogen and oxygen atoms in total. The number of sulfone groups is 1. The molecular weight excluding hydrogens is 340 g/mol. The first kappa shape index (κ1) is 18.0. The number of methoxy groups -OCH3 is 1. The Morgan fingerprint density at radius 2 is 2.12 bits per heavy atom. The van der Waals surface area contributed by atoms with E-state index in [-0.39, 0.29) is 41.6 Å². The van der Waals surface area contributed by atoms with E-state index in [1.165, 1.54) is 13.2 Å². The number of hydrogen-bond donors (Lipinski definition) is 1. The Morgan fingerprint density at radius 3 is 2.62 bits per heavy atom. The van der Waals surface area contributed by atoms with Crippen molar-refractivity contribution < 1.29 is 27.6 Å². The standard InChI is InChI=1S/C14H18N2O7S/c1-3-23-13-6-10(11(16(18)19)7-12(13)22-2)14(17)15-9-4-5-24(20,21)8-9/h6-7,9H,3-5,8H2,1-2H3,(H,15,17). The van der Waals surface area contributed by atoms with Crippen LogP contribution in [0.25, 0.3) is 0 Å². The smallest absolute Gasteiger partial charge is 0.286 e. The maximum Gasteiger partial charge on any atom is 0.286 e. The van der Waals surface area contributed by atoms with Crippen LogP contribution >= 0.6 is 0 Å². The fourth-order valence-corrected chi connectivity index (χ4v) is 4.16. The molecule has 24 heavy (non-hydrogen) atoms. The van der Waals surface area contributed by atoms with Gasteiger partial charge >= 0.3 is 0 Å². The molecule has 0 saturated carbocycles. The number of carbonyl (C=O) groups excluding carboxylic acids is 1. The van der Waals surface area contributed by atoms with E-state index in [4.69, 9.17) is 9.47 Å². The first-order chi connectivity index (χ1) is 11.3. The number of nitrogens with zero attached hydrogens (tertiary/aromatic N) is 1. The van der Waals surface area contributed by atoms with Crippen molar-refractivity contribution in [3.63, 3.8) is 0 Å². The molecular formula is C14H18N2O7S. The lowest BCUT2D eigenvalue weighted by atomic mass is 10.1. The zero-order valence-electron chi connectivity index (χ0n) is 13.3.